The molecule has 2 nitrogen and oxygen atoms in total. The number of benzene rings is 1. The number of hydrogen-bond donors (Lipinski definition) is 0. The Balaban J connectivity index is 1.93. The molecule has 2 aliphatic rings. The number of nitrogens with zero attached hydrogens (tertiary/aromatic N) is 1. The standard InChI is InChI=1S/C16H21NOS/c1-13-7-9-14(10-8-13)19(18)16-6-4-12-17-11-3-2-5-15(16)17/h7-10H,2-6,11-12H2,1H3. The van der Waals surface area contributed by atoms with Crippen LogP contribution in [0, 0.1) is 6.92 Å². The summed E-state index contributed by atoms with van der Waals surface area (Å²) in [6.45, 7) is 4.38. The summed E-state index contributed by atoms with van der Waals surface area (Å²) in [5, 5.41) is 0. The van der Waals surface area contributed by atoms with E-state index in [9.17, 15) is 4.21 Å². The first-order chi connectivity index (χ1) is 9.25. The number of allylic oxidation sites excluding steroid dienone is 2. The summed E-state index contributed by atoms with van der Waals surface area (Å²) in [7, 11) is -0.959. The fourth-order valence-corrected chi connectivity index (χ4v) is 4.47. The number of aryl methyl sites for hydroxylation is 1. The lowest BCUT2D eigenvalue weighted by Gasteiger charge is -2.37. The highest BCUT2D eigenvalue weighted by Crippen LogP contribution is 2.33. The second kappa shape index (κ2) is 5.49. The minimum atomic E-state index is -0.959. The lowest BCUT2D eigenvalue weighted by atomic mass is 10.0. The largest absolute Gasteiger partial charge is 0.374 e. The second-order valence-electron chi connectivity index (χ2n) is 5.50. The lowest BCUT2D eigenvalue weighted by molar-refractivity contribution is 0.271. The van der Waals surface area contributed by atoms with E-state index in [1.165, 1.54) is 29.0 Å². The summed E-state index contributed by atoms with van der Waals surface area (Å²) in [5.41, 5.74) is 2.61. The van der Waals surface area contributed by atoms with Crippen molar-refractivity contribution in [3.8, 4) is 0 Å². The molecule has 1 unspecified atom stereocenters. The summed E-state index contributed by atoms with van der Waals surface area (Å²) >= 11 is 0. The molecule has 1 aromatic rings. The highest BCUT2D eigenvalue weighted by molar-refractivity contribution is 7.89. The lowest BCUT2D eigenvalue weighted by Crippen LogP contribution is -2.33. The summed E-state index contributed by atoms with van der Waals surface area (Å²) in [6.07, 6.45) is 5.81. The summed E-state index contributed by atoms with van der Waals surface area (Å²) in [4.78, 5) is 4.62. The van der Waals surface area contributed by atoms with Gasteiger partial charge in [0.05, 0.1) is 10.8 Å². The third-order valence-corrected chi connectivity index (χ3v) is 5.67. The molecule has 0 spiro atoms. The maximum absolute atomic E-state index is 12.8. The van der Waals surface area contributed by atoms with E-state index >= 15 is 0 Å². The third-order valence-electron chi connectivity index (χ3n) is 4.09. The van der Waals surface area contributed by atoms with Gasteiger partial charge in [-0.15, -0.1) is 0 Å². The molecule has 1 fully saturated rings. The summed E-state index contributed by atoms with van der Waals surface area (Å²) in [5.74, 6) is 0. The molecule has 1 atom stereocenters. The zero-order chi connectivity index (χ0) is 13.2. The van der Waals surface area contributed by atoms with Gasteiger partial charge >= 0.3 is 0 Å². The van der Waals surface area contributed by atoms with Gasteiger partial charge in [0.15, 0.2) is 0 Å². The Morgan fingerprint density at radius 3 is 2.53 bits per heavy atom. The molecule has 0 saturated carbocycles. The van der Waals surface area contributed by atoms with Crippen molar-refractivity contribution in [3.05, 3.63) is 40.4 Å². The van der Waals surface area contributed by atoms with E-state index in [0.717, 1.165) is 37.2 Å². The number of piperidine rings is 1. The van der Waals surface area contributed by atoms with Crippen LogP contribution in [-0.4, -0.2) is 22.2 Å². The average Bonchev–Trinajstić information content (AvgIpc) is 2.47. The molecule has 0 bridgehead atoms. The summed E-state index contributed by atoms with van der Waals surface area (Å²) in [6, 6.07) is 8.14. The third kappa shape index (κ3) is 2.62. The molecule has 0 radical (unpaired) electrons. The number of rotatable bonds is 2. The van der Waals surface area contributed by atoms with Gasteiger partial charge in [-0.2, -0.15) is 0 Å². The zero-order valence-corrected chi connectivity index (χ0v) is 12.3. The molecule has 3 heteroatoms. The smallest absolute Gasteiger partial charge is 0.0825 e. The first-order valence-electron chi connectivity index (χ1n) is 7.21. The van der Waals surface area contributed by atoms with E-state index in [1.54, 1.807) is 0 Å². The second-order valence-corrected chi connectivity index (χ2v) is 7.00. The van der Waals surface area contributed by atoms with Crippen LogP contribution in [0.15, 0.2) is 39.8 Å². The minimum absolute atomic E-state index is 0.959. The highest BCUT2D eigenvalue weighted by Gasteiger charge is 2.26. The van der Waals surface area contributed by atoms with Crippen LogP contribution in [0.2, 0.25) is 0 Å². The fraction of sp³-hybridized carbons (Fsp3) is 0.500. The Morgan fingerprint density at radius 2 is 1.74 bits per heavy atom. The first-order valence-corrected chi connectivity index (χ1v) is 8.36. The molecule has 0 amide bonds. The maximum atomic E-state index is 12.8. The molecule has 0 aliphatic carbocycles. The van der Waals surface area contributed by atoms with E-state index < -0.39 is 10.8 Å². The average molecular weight is 275 g/mol. The predicted molar refractivity (Wildman–Crippen MR) is 79.3 cm³/mol. The van der Waals surface area contributed by atoms with Crippen molar-refractivity contribution in [1.82, 2.24) is 4.90 Å². The van der Waals surface area contributed by atoms with Crippen molar-refractivity contribution in [2.24, 2.45) is 0 Å². The van der Waals surface area contributed by atoms with Crippen LogP contribution in [0.5, 0.6) is 0 Å². The van der Waals surface area contributed by atoms with E-state index in [0.29, 0.717) is 0 Å². The van der Waals surface area contributed by atoms with Crippen molar-refractivity contribution in [2.75, 3.05) is 13.1 Å². The zero-order valence-electron chi connectivity index (χ0n) is 11.5. The van der Waals surface area contributed by atoms with Gasteiger partial charge in [0.1, 0.15) is 0 Å². The van der Waals surface area contributed by atoms with Crippen LogP contribution in [0.3, 0.4) is 0 Å². The quantitative estimate of drug-likeness (QED) is 0.822. The van der Waals surface area contributed by atoms with E-state index in [1.807, 2.05) is 12.1 Å². The van der Waals surface area contributed by atoms with Gasteiger partial charge in [-0.05, 0) is 51.2 Å². The van der Waals surface area contributed by atoms with Crippen LogP contribution in [0.25, 0.3) is 0 Å². The van der Waals surface area contributed by atoms with Crippen molar-refractivity contribution in [2.45, 2.75) is 43.9 Å². The monoisotopic (exact) mass is 275 g/mol. The van der Waals surface area contributed by atoms with Crippen LogP contribution < -0.4 is 0 Å². The Labute approximate surface area is 118 Å². The van der Waals surface area contributed by atoms with E-state index in [-0.39, 0.29) is 0 Å². The SMILES string of the molecule is Cc1ccc(S(=O)C2=C3CCCCN3CCC2)cc1. The molecule has 1 saturated heterocycles. The van der Waals surface area contributed by atoms with Crippen LogP contribution in [-0.2, 0) is 10.8 Å². The molecule has 0 aromatic heterocycles. The maximum Gasteiger partial charge on any atom is 0.0825 e. The molecule has 0 N–H and O–H groups in total. The predicted octanol–water partition coefficient (Wildman–Crippen LogP) is 3.59. The van der Waals surface area contributed by atoms with Crippen molar-refractivity contribution < 1.29 is 4.21 Å². The Kier molecular flexibility index (Phi) is 3.74. The number of hydrogen-bond acceptors (Lipinski definition) is 2. The fourth-order valence-electron chi connectivity index (χ4n) is 3.03. The van der Waals surface area contributed by atoms with Crippen molar-refractivity contribution >= 4 is 10.8 Å². The van der Waals surface area contributed by atoms with Gasteiger partial charge in [0, 0.05) is 28.6 Å². The van der Waals surface area contributed by atoms with Crippen LogP contribution in [0.4, 0.5) is 0 Å². The topological polar surface area (TPSA) is 20.3 Å². The molecule has 3 rings (SSSR count). The van der Waals surface area contributed by atoms with Gasteiger partial charge in [-0.1, -0.05) is 17.7 Å². The van der Waals surface area contributed by atoms with Gasteiger partial charge in [-0.25, -0.2) is 4.21 Å². The van der Waals surface area contributed by atoms with E-state index in [2.05, 4.69) is 24.0 Å². The van der Waals surface area contributed by atoms with E-state index in [4.69, 9.17) is 0 Å². The number of fused-ring (bicyclic) bond motifs is 1. The molecule has 102 valence electrons. The van der Waals surface area contributed by atoms with Crippen LogP contribution in [0.1, 0.15) is 37.7 Å². The first kappa shape index (κ1) is 12.9. The molecular formula is C16H21NOS. The van der Waals surface area contributed by atoms with Crippen LogP contribution >= 0.6 is 0 Å². The van der Waals surface area contributed by atoms with Gasteiger partial charge in [-0.3, -0.25) is 0 Å². The van der Waals surface area contributed by atoms with Gasteiger partial charge in [0.25, 0.3) is 0 Å². The highest BCUT2D eigenvalue weighted by atomic mass is 32.2. The molecule has 19 heavy (non-hydrogen) atoms. The van der Waals surface area contributed by atoms with Gasteiger partial charge in [0.2, 0.25) is 0 Å². The Bertz CT molecular complexity index is 518. The molecule has 1 aromatic carbocycles. The van der Waals surface area contributed by atoms with Gasteiger partial charge < -0.3 is 4.90 Å². The van der Waals surface area contributed by atoms with Crippen molar-refractivity contribution in [3.63, 3.8) is 0 Å². The normalized spacial score (nSPS) is 21.2. The molecule has 2 aliphatic heterocycles. The van der Waals surface area contributed by atoms with Crippen molar-refractivity contribution in [1.29, 1.82) is 0 Å². The summed E-state index contributed by atoms with van der Waals surface area (Å²) < 4.78 is 12.8. The minimum Gasteiger partial charge on any atom is -0.374 e. The molecule has 2 heterocycles. The Hall–Kier alpha value is -1.09. The Morgan fingerprint density at radius 1 is 1.00 bits per heavy atom. The molecular weight excluding hydrogens is 254 g/mol.